The van der Waals surface area contributed by atoms with Gasteiger partial charge in [0.15, 0.2) is 0 Å². The molecule has 0 unspecified atom stereocenters. The molecule has 0 aliphatic rings. The van der Waals surface area contributed by atoms with Gasteiger partial charge in [0, 0.05) is 18.6 Å². The highest BCUT2D eigenvalue weighted by molar-refractivity contribution is 7.80. The molecule has 16 heteroatoms. The van der Waals surface area contributed by atoms with Crippen molar-refractivity contribution in [1.82, 2.24) is 26.6 Å². The normalized spacial score (nSPS) is 14.2. The Morgan fingerprint density at radius 3 is 1.39 bits per heavy atom. The number of carbonyl (C=O) groups is 7. The molecule has 0 fully saturated rings. The van der Waals surface area contributed by atoms with Gasteiger partial charge in [-0.3, -0.25) is 28.8 Å². The topological polar surface area (TPSA) is 252 Å². The monoisotopic (exact) mass is 789 g/mol. The van der Waals surface area contributed by atoms with Crippen molar-refractivity contribution < 1.29 is 38.7 Å². The van der Waals surface area contributed by atoms with E-state index in [1.807, 2.05) is 19.9 Å². The number of primary amides is 1. The second-order valence-corrected chi connectivity index (χ2v) is 14.2. The van der Waals surface area contributed by atoms with Crippen LogP contribution in [0.3, 0.4) is 0 Å². The van der Waals surface area contributed by atoms with Crippen molar-refractivity contribution in [3.05, 3.63) is 108 Å². The van der Waals surface area contributed by atoms with Crippen LogP contribution in [0.1, 0.15) is 43.4 Å². The lowest BCUT2D eigenvalue weighted by molar-refractivity contribution is -0.142. The molecule has 0 radical (unpaired) electrons. The van der Waals surface area contributed by atoms with E-state index < -0.39 is 84.1 Å². The summed E-state index contributed by atoms with van der Waals surface area (Å²) in [4.78, 5) is 91.6. The molecule has 10 N–H and O–H groups in total. The van der Waals surface area contributed by atoms with Gasteiger partial charge in [-0.15, -0.1) is 0 Å². The van der Waals surface area contributed by atoms with Crippen molar-refractivity contribution in [1.29, 1.82) is 0 Å². The predicted octanol–water partition coefficient (Wildman–Crippen LogP) is 0.402. The molecule has 0 aliphatic carbocycles. The molecule has 0 aromatic heterocycles. The summed E-state index contributed by atoms with van der Waals surface area (Å²) in [6.45, 7) is 3.65. The number of benzene rings is 3. The Hall–Kier alpha value is -5.74. The van der Waals surface area contributed by atoms with Crippen LogP contribution in [-0.2, 0) is 52.8 Å². The molecule has 3 rings (SSSR count). The molecule has 0 bridgehead atoms. The zero-order chi connectivity index (χ0) is 41.2. The number of rotatable bonds is 22. The predicted molar refractivity (Wildman–Crippen MR) is 213 cm³/mol. The fraction of sp³-hybridized carbons (Fsp3) is 0.375. The van der Waals surface area contributed by atoms with Gasteiger partial charge in [0.1, 0.15) is 30.2 Å². The van der Waals surface area contributed by atoms with E-state index in [4.69, 9.17) is 11.5 Å². The van der Waals surface area contributed by atoms with Crippen molar-refractivity contribution in [2.24, 2.45) is 17.4 Å². The number of nitrogens with one attached hydrogen (secondary N) is 5. The van der Waals surface area contributed by atoms with Crippen LogP contribution in [0.25, 0.3) is 0 Å². The zero-order valence-corrected chi connectivity index (χ0v) is 32.2. The van der Waals surface area contributed by atoms with Gasteiger partial charge in [-0.05, 0) is 35.4 Å². The van der Waals surface area contributed by atoms with Gasteiger partial charge in [0.25, 0.3) is 0 Å². The lowest BCUT2D eigenvalue weighted by atomic mass is 10.0. The van der Waals surface area contributed by atoms with Crippen molar-refractivity contribution >= 4 is 54.0 Å². The van der Waals surface area contributed by atoms with Gasteiger partial charge in [-0.25, -0.2) is 4.79 Å². The second-order valence-electron chi connectivity index (χ2n) is 13.8. The first kappa shape index (κ1) is 44.7. The molecule has 6 atom stereocenters. The highest BCUT2D eigenvalue weighted by atomic mass is 32.1. The molecular formula is C40H51N7O8S. The summed E-state index contributed by atoms with van der Waals surface area (Å²) in [5, 5.41) is 22.6. The van der Waals surface area contributed by atoms with E-state index in [-0.39, 0.29) is 37.4 Å². The summed E-state index contributed by atoms with van der Waals surface area (Å²) in [5.74, 6) is -6.39. The minimum atomic E-state index is -1.48. The van der Waals surface area contributed by atoms with Crippen molar-refractivity contribution in [2.45, 2.75) is 82.2 Å². The third-order valence-electron chi connectivity index (χ3n) is 8.64. The first-order valence-corrected chi connectivity index (χ1v) is 18.8. The summed E-state index contributed by atoms with van der Waals surface area (Å²) in [6, 6.07) is 18.8. The molecule has 0 aliphatic heterocycles. The lowest BCUT2D eigenvalue weighted by Crippen LogP contribution is -2.60. The number of hydrogen-bond acceptors (Lipinski definition) is 9. The third kappa shape index (κ3) is 15.2. The molecule has 0 saturated carbocycles. The van der Waals surface area contributed by atoms with E-state index in [0.29, 0.717) is 11.1 Å². The number of carboxylic acids is 1. The van der Waals surface area contributed by atoms with Crippen LogP contribution in [0.5, 0.6) is 0 Å². The number of carboxylic acid groups (broad SMARTS) is 1. The van der Waals surface area contributed by atoms with Crippen LogP contribution in [0.15, 0.2) is 91.0 Å². The number of hydrogen-bond donors (Lipinski definition) is 9. The molecule has 56 heavy (non-hydrogen) atoms. The number of aliphatic carboxylic acids is 1. The maximum absolute atomic E-state index is 13.8. The minimum absolute atomic E-state index is 0.0125. The Kier molecular flexibility index (Phi) is 18.0. The van der Waals surface area contributed by atoms with E-state index in [9.17, 15) is 38.7 Å². The van der Waals surface area contributed by atoms with E-state index in [1.165, 1.54) is 0 Å². The molecule has 300 valence electrons. The van der Waals surface area contributed by atoms with Gasteiger partial charge < -0.3 is 43.2 Å². The van der Waals surface area contributed by atoms with Crippen LogP contribution in [0.2, 0.25) is 0 Å². The Labute approximate surface area is 331 Å². The highest BCUT2D eigenvalue weighted by Crippen LogP contribution is 2.10. The van der Waals surface area contributed by atoms with Gasteiger partial charge in [-0.2, -0.15) is 12.6 Å². The Bertz CT molecular complexity index is 1780. The minimum Gasteiger partial charge on any atom is -0.480 e. The maximum atomic E-state index is 13.8. The van der Waals surface area contributed by atoms with E-state index >= 15 is 0 Å². The molecule has 15 nitrogen and oxygen atoms in total. The van der Waals surface area contributed by atoms with Crippen LogP contribution in [0.4, 0.5) is 0 Å². The van der Waals surface area contributed by atoms with Crippen molar-refractivity contribution in [2.75, 3.05) is 5.75 Å². The average molecular weight is 790 g/mol. The molecular weight excluding hydrogens is 739 g/mol. The Morgan fingerprint density at radius 2 is 0.929 bits per heavy atom. The lowest BCUT2D eigenvalue weighted by Gasteiger charge is -2.27. The average Bonchev–Trinajstić information content (AvgIpc) is 3.16. The number of carbonyl (C=O) groups excluding carboxylic acids is 6. The van der Waals surface area contributed by atoms with Gasteiger partial charge in [-0.1, -0.05) is 105 Å². The molecule has 0 spiro atoms. The Morgan fingerprint density at radius 1 is 0.554 bits per heavy atom. The standard InChI is InChI=1S/C40H51N7O8S/c1-24(2)18-29(36(50)46-32(40(54)55)21-27-16-10-5-11-17-27)44-39(53)33(23-56)47-37(51)30(20-26-14-8-4-9-15-26)45-38(52)31(22-34(42)48)43-35(49)28(41)19-25-12-6-3-7-13-25/h3-17,24,28-33,56H,18-23,41H2,1-2H3,(H2,42,48)(H,43,49)(H,44,53)(H,45,52)(H,46,50)(H,47,51)(H,54,55)/t28-,29-,30-,31-,32-,33-/m0/s1. The zero-order valence-electron chi connectivity index (χ0n) is 31.4. The summed E-state index contributed by atoms with van der Waals surface area (Å²) in [6.07, 6.45) is -0.335. The number of nitrogens with two attached hydrogens (primary N) is 2. The molecule has 0 saturated heterocycles. The third-order valence-corrected chi connectivity index (χ3v) is 9.01. The Balaban J connectivity index is 1.77. The van der Waals surface area contributed by atoms with Crippen LogP contribution in [0, 0.1) is 5.92 Å². The van der Waals surface area contributed by atoms with Gasteiger partial charge in [0.05, 0.1) is 12.5 Å². The number of thiol groups is 1. The summed E-state index contributed by atoms with van der Waals surface area (Å²) < 4.78 is 0. The smallest absolute Gasteiger partial charge is 0.326 e. The summed E-state index contributed by atoms with van der Waals surface area (Å²) >= 11 is 4.26. The molecule has 3 aromatic carbocycles. The van der Waals surface area contributed by atoms with Crippen molar-refractivity contribution in [3.8, 4) is 0 Å². The van der Waals surface area contributed by atoms with Crippen LogP contribution in [-0.4, -0.2) is 88.5 Å². The second kappa shape index (κ2) is 22.6. The SMILES string of the molecule is CC(C)C[C@H](NC(=O)[C@H](CS)NC(=O)[C@H](Cc1ccccc1)NC(=O)[C@H](CC(N)=O)NC(=O)[C@@H](N)Cc1ccccc1)C(=O)N[C@@H](Cc1ccccc1)C(=O)O. The first-order chi connectivity index (χ1) is 26.7. The van der Waals surface area contributed by atoms with E-state index in [2.05, 4.69) is 39.2 Å². The summed E-state index contributed by atoms with van der Waals surface area (Å²) in [7, 11) is 0. The largest absolute Gasteiger partial charge is 0.480 e. The molecule has 6 amide bonds. The quantitative estimate of drug-likeness (QED) is 0.0639. The van der Waals surface area contributed by atoms with Crippen LogP contribution >= 0.6 is 12.6 Å². The fourth-order valence-corrected chi connectivity index (χ4v) is 6.00. The fourth-order valence-electron chi connectivity index (χ4n) is 5.75. The first-order valence-electron chi connectivity index (χ1n) is 18.2. The summed E-state index contributed by atoms with van der Waals surface area (Å²) in [5.41, 5.74) is 13.6. The van der Waals surface area contributed by atoms with Crippen LogP contribution < -0.4 is 38.1 Å². The van der Waals surface area contributed by atoms with Gasteiger partial charge >= 0.3 is 5.97 Å². The van der Waals surface area contributed by atoms with Crippen molar-refractivity contribution in [3.63, 3.8) is 0 Å². The van der Waals surface area contributed by atoms with E-state index in [0.717, 1.165) is 5.56 Å². The number of amides is 6. The molecule has 0 heterocycles. The van der Waals surface area contributed by atoms with E-state index in [1.54, 1.807) is 84.9 Å². The maximum Gasteiger partial charge on any atom is 0.326 e. The molecule has 3 aromatic rings. The van der Waals surface area contributed by atoms with Gasteiger partial charge in [0.2, 0.25) is 35.4 Å². The highest BCUT2D eigenvalue weighted by Gasteiger charge is 2.33.